The van der Waals surface area contributed by atoms with Gasteiger partial charge < -0.3 is 9.15 Å². The summed E-state index contributed by atoms with van der Waals surface area (Å²) in [6.07, 6.45) is 4.89. The maximum atomic E-state index is 12.1. The zero-order valence-electron chi connectivity index (χ0n) is 13.7. The van der Waals surface area contributed by atoms with Gasteiger partial charge in [0.1, 0.15) is 11.3 Å². The van der Waals surface area contributed by atoms with Gasteiger partial charge in [-0.3, -0.25) is 4.79 Å². The Balaban J connectivity index is 1.73. The lowest BCUT2D eigenvalue weighted by Crippen LogP contribution is -2.12. The summed E-state index contributed by atoms with van der Waals surface area (Å²) < 4.78 is 11.3. The van der Waals surface area contributed by atoms with Gasteiger partial charge in [-0.05, 0) is 54.8 Å². The van der Waals surface area contributed by atoms with E-state index in [0.29, 0.717) is 17.2 Å². The molecule has 0 unspecified atom stereocenters. The fourth-order valence-electron chi connectivity index (χ4n) is 2.86. The number of aryl methyl sites for hydroxylation is 2. The number of furan rings is 1. The molecule has 4 rings (SSSR count). The third-order valence-corrected chi connectivity index (χ3v) is 4.07. The second-order valence-corrected chi connectivity index (χ2v) is 5.78. The van der Waals surface area contributed by atoms with Crippen molar-refractivity contribution in [2.45, 2.75) is 13.8 Å². The molecule has 0 aliphatic heterocycles. The number of ether oxygens (including phenoxy) is 1. The molecule has 25 heavy (non-hydrogen) atoms. The van der Waals surface area contributed by atoms with Crippen LogP contribution in [0.25, 0.3) is 22.1 Å². The van der Waals surface area contributed by atoms with Gasteiger partial charge >= 0.3 is 0 Å². The van der Waals surface area contributed by atoms with Crippen molar-refractivity contribution in [3.8, 4) is 22.8 Å². The molecule has 0 aliphatic rings. The Morgan fingerprint density at radius 2 is 2.00 bits per heavy atom. The molecule has 0 saturated heterocycles. The number of H-pyrrole nitrogens is 1. The average molecular weight is 333 g/mol. The van der Waals surface area contributed by atoms with Crippen LogP contribution in [-0.4, -0.2) is 15.2 Å². The van der Waals surface area contributed by atoms with Crippen molar-refractivity contribution in [2.75, 3.05) is 0 Å². The minimum absolute atomic E-state index is 0.207. The van der Waals surface area contributed by atoms with Gasteiger partial charge in [-0.15, -0.1) is 0 Å². The summed E-state index contributed by atoms with van der Waals surface area (Å²) in [4.78, 5) is 16.4. The third kappa shape index (κ3) is 2.67. The molecular weight excluding hydrogens is 318 g/mol. The van der Waals surface area contributed by atoms with E-state index in [9.17, 15) is 4.79 Å². The van der Waals surface area contributed by atoms with E-state index in [0.717, 1.165) is 27.7 Å². The number of rotatable bonds is 3. The highest BCUT2D eigenvalue weighted by molar-refractivity contribution is 5.82. The molecule has 1 aromatic carbocycles. The van der Waals surface area contributed by atoms with Crippen molar-refractivity contribution in [1.82, 2.24) is 15.2 Å². The minimum Gasteiger partial charge on any atom is -0.464 e. The summed E-state index contributed by atoms with van der Waals surface area (Å²) in [7, 11) is 0. The van der Waals surface area contributed by atoms with E-state index in [4.69, 9.17) is 9.15 Å². The van der Waals surface area contributed by atoms with E-state index < -0.39 is 0 Å². The van der Waals surface area contributed by atoms with Gasteiger partial charge in [-0.25, -0.2) is 10.1 Å². The van der Waals surface area contributed by atoms with E-state index in [1.165, 1.54) is 0 Å². The number of aromatic nitrogens is 3. The van der Waals surface area contributed by atoms with Crippen LogP contribution in [0, 0.1) is 13.8 Å². The molecule has 3 heterocycles. The topological polar surface area (TPSA) is 81.0 Å². The molecule has 6 nitrogen and oxygen atoms in total. The third-order valence-electron chi connectivity index (χ3n) is 4.07. The largest absolute Gasteiger partial charge is 0.464 e. The number of hydrogen-bond acceptors (Lipinski definition) is 5. The normalized spacial score (nSPS) is 11.0. The Morgan fingerprint density at radius 1 is 1.12 bits per heavy atom. The fourth-order valence-corrected chi connectivity index (χ4v) is 2.86. The van der Waals surface area contributed by atoms with Gasteiger partial charge in [0.2, 0.25) is 5.88 Å². The van der Waals surface area contributed by atoms with Gasteiger partial charge in [0.05, 0.1) is 23.4 Å². The Morgan fingerprint density at radius 3 is 2.80 bits per heavy atom. The van der Waals surface area contributed by atoms with Crippen molar-refractivity contribution in [1.29, 1.82) is 0 Å². The summed E-state index contributed by atoms with van der Waals surface area (Å²) in [5.41, 5.74) is 3.73. The van der Waals surface area contributed by atoms with Crippen LogP contribution in [-0.2, 0) is 0 Å². The van der Waals surface area contributed by atoms with Crippen molar-refractivity contribution in [2.24, 2.45) is 0 Å². The molecule has 0 aliphatic carbocycles. The van der Waals surface area contributed by atoms with E-state index in [1.54, 1.807) is 24.7 Å². The van der Waals surface area contributed by atoms with Crippen LogP contribution in [0.3, 0.4) is 0 Å². The van der Waals surface area contributed by atoms with Gasteiger partial charge in [-0.1, -0.05) is 6.07 Å². The first kappa shape index (κ1) is 15.1. The predicted molar refractivity (Wildman–Crippen MR) is 93.9 cm³/mol. The van der Waals surface area contributed by atoms with Gasteiger partial charge in [-0.2, -0.15) is 5.10 Å². The van der Waals surface area contributed by atoms with Crippen LogP contribution in [0.4, 0.5) is 0 Å². The smallest absolute Gasteiger partial charge is 0.272 e. The summed E-state index contributed by atoms with van der Waals surface area (Å²) in [6.45, 7) is 3.80. The quantitative estimate of drug-likeness (QED) is 0.613. The molecule has 124 valence electrons. The highest BCUT2D eigenvalue weighted by atomic mass is 16.5. The molecule has 0 atom stereocenters. The highest BCUT2D eigenvalue weighted by Crippen LogP contribution is 2.31. The SMILES string of the molecule is Cc1cc(Oc2nccc3occc23)ccc1-c1c(C)cn[nH]c1=O. The molecule has 4 aromatic rings. The minimum atomic E-state index is -0.207. The van der Waals surface area contributed by atoms with Crippen LogP contribution in [0.5, 0.6) is 11.6 Å². The molecule has 6 heteroatoms. The lowest BCUT2D eigenvalue weighted by Gasteiger charge is -2.11. The zero-order chi connectivity index (χ0) is 17.4. The molecular formula is C19H15N3O3. The Hall–Kier alpha value is -3.41. The molecule has 0 bridgehead atoms. The van der Waals surface area contributed by atoms with E-state index >= 15 is 0 Å². The van der Waals surface area contributed by atoms with Crippen LogP contribution >= 0.6 is 0 Å². The number of nitrogens with one attached hydrogen (secondary N) is 1. The highest BCUT2D eigenvalue weighted by Gasteiger charge is 2.12. The molecule has 0 saturated carbocycles. The number of aromatic amines is 1. The first-order chi connectivity index (χ1) is 12.1. The van der Waals surface area contributed by atoms with Crippen LogP contribution in [0.1, 0.15) is 11.1 Å². The number of benzene rings is 1. The van der Waals surface area contributed by atoms with Crippen LogP contribution in [0.2, 0.25) is 0 Å². The van der Waals surface area contributed by atoms with Gasteiger partial charge in [0.25, 0.3) is 5.56 Å². The Labute approximate surface area is 143 Å². The Kier molecular flexibility index (Phi) is 3.57. The van der Waals surface area contributed by atoms with E-state index in [2.05, 4.69) is 15.2 Å². The first-order valence-corrected chi connectivity index (χ1v) is 7.79. The van der Waals surface area contributed by atoms with Gasteiger partial charge in [0, 0.05) is 6.20 Å². The van der Waals surface area contributed by atoms with Crippen molar-refractivity contribution in [3.05, 3.63) is 70.5 Å². The second kappa shape index (κ2) is 5.90. The summed E-state index contributed by atoms with van der Waals surface area (Å²) in [5, 5.41) is 7.11. The number of hydrogen-bond donors (Lipinski definition) is 1. The number of fused-ring (bicyclic) bond motifs is 1. The van der Waals surface area contributed by atoms with Crippen LogP contribution in [0.15, 0.2) is 58.2 Å². The standard InChI is InChI=1S/C19H15N3O3/c1-11-9-13(25-19-15-6-8-24-16(15)5-7-20-19)3-4-14(11)17-12(2)10-21-22-18(17)23/h3-10H,1-2H3,(H,22,23). The maximum Gasteiger partial charge on any atom is 0.272 e. The average Bonchev–Trinajstić information content (AvgIpc) is 3.06. The van der Waals surface area contributed by atoms with Crippen molar-refractivity contribution >= 4 is 11.0 Å². The van der Waals surface area contributed by atoms with E-state index in [1.807, 2.05) is 38.1 Å². The number of pyridine rings is 1. The summed E-state index contributed by atoms with van der Waals surface area (Å²) >= 11 is 0. The van der Waals surface area contributed by atoms with Crippen LogP contribution < -0.4 is 10.3 Å². The Bertz CT molecular complexity index is 1130. The molecule has 0 radical (unpaired) electrons. The lowest BCUT2D eigenvalue weighted by molar-refractivity contribution is 0.468. The summed E-state index contributed by atoms with van der Waals surface area (Å²) in [6, 6.07) is 9.18. The molecule has 0 spiro atoms. The van der Waals surface area contributed by atoms with Gasteiger partial charge in [0.15, 0.2) is 0 Å². The molecule has 3 aromatic heterocycles. The van der Waals surface area contributed by atoms with Crippen molar-refractivity contribution in [3.63, 3.8) is 0 Å². The molecule has 0 fully saturated rings. The van der Waals surface area contributed by atoms with E-state index in [-0.39, 0.29) is 5.56 Å². The number of nitrogens with zero attached hydrogens (tertiary/aromatic N) is 2. The lowest BCUT2D eigenvalue weighted by atomic mass is 9.99. The summed E-state index contributed by atoms with van der Waals surface area (Å²) in [5.74, 6) is 1.13. The monoisotopic (exact) mass is 333 g/mol. The second-order valence-electron chi connectivity index (χ2n) is 5.78. The zero-order valence-corrected chi connectivity index (χ0v) is 13.7. The fraction of sp³-hybridized carbons (Fsp3) is 0.105. The maximum absolute atomic E-state index is 12.1. The predicted octanol–water partition coefficient (Wildman–Crippen LogP) is 3.99. The van der Waals surface area contributed by atoms with Crippen molar-refractivity contribution < 1.29 is 9.15 Å². The molecule has 1 N–H and O–H groups in total. The first-order valence-electron chi connectivity index (χ1n) is 7.79. The molecule has 0 amide bonds.